The van der Waals surface area contributed by atoms with Crippen molar-refractivity contribution in [2.24, 2.45) is 5.92 Å². The van der Waals surface area contributed by atoms with E-state index < -0.39 is 0 Å². The third-order valence-corrected chi connectivity index (χ3v) is 2.51. The monoisotopic (exact) mass is 257 g/mol. The predicted molar refractivity (Wildman–Crippen MR) is 84.6 cm³/mol. The van der Waals surface area contributed by atoms with Gasteiger partial charge >= 0.3 is 0 Å². The minimum Gasteiger partial charge on any atom is -0.362 e. The Morgan fingerprint density at radius 1 is 1.29 bits per heavy atom. The molecule has 1 rings (SSSR count). The molecular weight excluding hydrogens is 230 g/mol. The summed E-state index contributed by atoms with van der Waals surface area (Å²) in [6.45, 7) is 6.09. The molecule has 0 saturated heterocycles. The number of hydrogen-bond acceptors (Lipinski definition) is 2. The zero-order chi connectivity index (χ0) is 12.7. The Bertz CT molecular complexity index is 358. The second-order valence-corrected chi connectivity index (χ2v) is 4.86. The Morgan fingerprint density at radius 3 is 2.47 bits per heavy atom. The molecule has 1 aromatic rings. The third kappa shape index (κ3) is 5.65. The number of hydrogen-bond donors (Lipinski definition) is 3. The maximum absolute atomic E-state index is 5.20. The van der Waals surface area contributed by atoms with Crippen molar-refractivity contribution in [1.29, 1.82) is 0 Å². The highest BCUT2D eigenvalue weighted by Crippen LogP contribution is 2.09. The summed E-state index contributed by atoms with van der Waals surface area (Å²) in [6.07, 6.45) is 0. The van der Waals surface area contributed by atoms with Crippen LogP contribution in [0.5, 0.6) is 0 Å². The van der Waals surface area contributed by atoms with Crippen molar-refractivity contribution < 1.29 is 4.28 Å². The largest absolute Gasteiger partial charge is 0.362 e. The first-order chi connectivity index (χ1) is 8.11. The van der Waals surface area contributed by atoms with Gasteiger partial charge in [0.05, 0.1) is 0 Å². The van der Waals surface area contributed by atoms with Gasteiger partial charge < -0.3 is 16.0 Å². The number of anilines is 1. The summed E-state index contributed by atoms with van der Waals surface area (Å²) in [5.41, 5.74) is 2.28. The first-order valence-corrected chi connectivity index (χ1v) is 6.31. The molecule has 0 amide bonds. The van der Waals surface area contributed by atoms with Crippen LogP contribution in [-0.4, -0.2) is 18.7 Å². The Labute approximate surface area is 113 Å². The Balaban J connectivity index is -0.000000963. The first-order valence-electron chi connectivity index (χ1n) is 5.90. The quantitative estimate of drug-likeness (QED) is 0.709. The molecule has 0 fully saturated rings. The molecule has 0 heterocycles. The van der Waals surface area contributed by atoms with Gasteiger partial charge in [-0.1, -0.05) is 26.0 Å². The molecule has 4 heteroatoms. The average Bonchev–Trinajstić information content (AvgIpc) is 2.29. The molecule has 0 atom stereocenters. The molecule has 17 heavy (non-hydrogen) atoms. The lowest BCUT2D eigenvalue weighted by molar-refractivity contribution is 0.627. The van der Waals surface area contributed by atoms with Crippen molar-refractivity contribution in [3.8, 4) is 0 Å². The van der Waals surface area contributed by atoms with Crippen LogP contribution in [0.1, 0.15) is 23.7 Å². The minimum atomic E-state index is 0. The van der Waals surface area contributed by atoms with Crippen molar-refractivity contribution in [1.82, 2.24) is 10.6 Å². The number of thiocarbonyl (C=S) groups is 1. The lowest BCUT2D eigenvalue weighted by atomic mass is 10.2. The zero-order valence-electron chi connectivity index (χ0n) is 10.7. The van der Waals surface area contributed by atoms with Crippen LogP contribution in [0.15, 0.2) is 24.3 Å². The molecule has 3 nitrogen and oxygen atoms in total. The van der Waals surface area contributed by atoms with Crippen LogP contribution in [-0.2, 0) is 6.54 Å². The van der Waals surface area contributed by atoms with Crippen molar-refractivity contribution in [3.63, 3.8) is 0 Å². The molecule has 1 aromatic carbocycles. The van der Waals surface area contributed by atoms with E-state index in [1.165, 1.54) is 5.56 Å². The fourth-order valence-corrected chi connectivity index (χ4v) is 1.58. The highest BCUT2D eigenvalue weighted by molar-refractivity contribution is 7.80. The van der Waals surface area contributed by atoms with Crippen molar-refractivity contribution in [2.45, 2.75) is 20.4 Å². The molecule has 0 saturated carbocycles. The summed E-state index contributed by atoms with van der Waals surface area (Å²) in [4.78, 5) is 0. The fourth-order valence-electron chi connectivity index (χ4n) is 1.38. The average molecular weight is 257 g/mol. The standard InChI is InChI=1S/C13H21N3S.3H2/c1-10(2)8-15-13(17)16-12-6-4-11(5-7-12)9-14-3;;;/h4-7,10,14H,8-9H2,1-3H3,(H2,15,16,17);3*1H. The van der Waals surface area contributed by atoms with Gasteiger partial charge in [0, 0.05) is 23.1 Å². The summed E-state index contributed by atoms with van der Waals surface area (Å²) in [5.74, 6) is 0.591. The SMILES string of the molecule is CNCc1ccc(NC(=S)NCC(C)C)cc1.[HH].[HH].[HH]. The van der Waals surface area contributed by atoms with Crippen LogP contribution in [0.3, 0.4) is 0 Å². The van der Waals surface area contributed by atoms with Crippen LogP contribution in [0.2, 0.25) is 0 Å². The smallest absolute Gasteiger partial charge is 0.170 e. The van der Waals surface area contributed by atoms with Gasteiger partial charge in [-0.15, -0.1) is 0 Å². The van der Waals surface area contributed by atoms with Gasteiger partial charge in [0.25, 0.3) is 0 Å². The van der Waals surface area contributed by atoms with E-state index in [9.17, 15) is 0 Å². The normalized spacial score (nSPS) is 10.4. The minimum absolute atomic E-state index is 0. The highest BCUT2D eigenvalue weighted by atomic mass is 32.1. The van der Waals surface area contributed by atoms with Crippen molar-refractivity contribution in [2.75, 3.05) is 18.9 Å². The summed E-state index contributed by atoms with van der Waals surface area (Å²) >= 11 is 5.20. The summed E-state index contributed by atoms with van der Waals surface area (Å²) in [7, 11) is 1.94. The molecule has 0 aromatic heterocycles. The van der Waals surface area contributed by atoms with Crippen LogP contribution < -0.4 is 16.0 Å². The highest BCUT2D eigenvalue weighted by Gasteiger charge is 1.99. The number of nitrogens with one attached hydrogen (secondary N) is 3. The predicted octanol–water partition coefficient (Wildman–Crippen LogP) is 3.09. The second-order valence-electron chi connectivity index (χ2n) is 4.46. The molecular formula is C13H27N3S. The van der Waals surface area contributed by atoms with Crippen LogP contribution >= 0.6 is 12.2 Å². The van der Waals surface area contributed by atoms with Gasteiger partial charge in [0.1, 0.15) is 0 Å². The van der Waals surface area contributed by atoms with E-state index in [1.807, 2.05) is 19.2 Å². The van der Waals surface area contributed by atoms with E-state index in [1.54, 1.807) is 0 Å². The van der Waals surface area contributed by atoms with E-state index >= 15 is 0 Å². The Morgan fingerprint density at radius 2 is 1.94 bits per heavy atom. The lowest BCUT2D eigenvalue weighted by Crippen LogP contribution is -2.31. The van der Waals surface area contributed by atoms with Gasteiger partial charge in [0.2, 0.25) is 0 Å². The topological polar surface area (TPSA) is 36.1 Å². The van der Waals surface area contributed by atoms with E-state index in [0.29, 0.717) is 11.0 Å². The van der Waals surface area contributed by atoms with E-state index in [-0.39, 0.29) is 4.28 Å². The van der Waals surface area contributed by atoms with E-state index in [4.69, 9.17) is 12.2 Å². The molecule has 0 aliphatic heterocycles. The molecule has 100 valence electrons. The maximum Gasteiger partial charge on any atom is 0.170 e. The molecule has 3 N–H and O–H groups in total. The first kappa shape index (κ1) is 13.9. The molecule has 0 radical (unpaired) electrons. The van der Waals surface area contributed by atoms with Gasteiger partial charge in [-0.25, -0.2) is 0 Å². The summed E-state index contributed by atoms with van der Waals surface area (Å²) in [5, 5.41) is 10.1. The van der Waals surface area contributed by atoms with E-state index in [2.05, 4.69) is 41.9 Å². The molecule has 0 aliphatic rings. The summed E-state index contributed by atoms with van der Waals surface area (Å²) < 4.78 is 0. The molecule has 0 spiro atoms. The van der Waals surface area contributed by atoms with Crippen LogP contribution in [0, 0.1) is 5.92 Å². The van der Waals surface area contributed by atoms with Gasteiger partial charge in [-0.05, 0) is 42.9 Å². The molecule has 0 unspecified atom stereocenters. The lowest BCUT2D eigenvalue weighted by Gasteiger charge is -2.12. The van der Waals surface area contributed by atoms with E-state index in [0.717, 1.165) is 18.8 Å². The number of rotatable bonds is 5. The summed E-state index contributed by atoms with van der Waals surface area (Å²) in [6, 6.07) is 8.25. The molecule has 0 bridgehead atoms. The Kier molecular flexibility index (Phi) is 5.94. The number of benzene rings is 1. The maximum atomic E-state index is 5.20. The van der Waals surface area contributed by atoms with Gasteiger partial charge in [0.15, 0.2) is 5.11 Å². The van der Waals surface area contributed by atoms with Crippen molar-refractivity contribution >= 4 is 23.0 Å². The van der Waals surface area contributed by atoms with Crippen molar-refractivity contribution in [3.05, 3.63) is 29.8 Å². The molecule has 0 aliphatic carbocycles. The van der Waals surface area contributed by atoms with Crippen LogP contribution in [0.4, 0.5) is 5.69 Å². The second kappa shape index (κ2) is 7.25. The fraction of sp³-hybridized carbons (Fsp3) is 0.462. The van der Waals surface area contributed by atoms with Gasteiger partial charge in [-0.3, -0.25) is 0 Å². The van der Waals surface area contributed by atoms with Crippen LogP contribution in [0.25, 0.3) is 0 Å². The van der Waals surface area contributed by atoms with Gasteiger partial charge in [-0.2, -0.15) is 0 Å². The third-order valence-electron chi connectivity index (χ3n) is 2.26. The Hall–Kier alpha value is -1.13. The zero-order valence-corrected chi connectivity index (χ0v) is 11.5.